The average molecular weight is 406 g/mol. The third-order valence-electron chi connectivity index (χ3n) is 5.60. The molecule has 2 aromatic rings. The van der Waals surface area contributed by atoms with Gasteiger partial charge in [0.05, 0.1) is 18.7 Å². The Hall–Kier alpha value is -3.15. The van der Waals surface area contributed by atoms with Crippen molar-refractivity contribution in [2.75, 3.05) is 18.1 Å². The molecule has 4 rings (SSSR count). The van der Waals surface area contributed by atoms with Crippen LogP contribution >= 0.6 is 0 Å². The highest BCUT2D eigenvalue weighted by molar-refractivity contribution is 6.23. The van der Waals surface area contributed by atoms with Gasteiger partial charge in [-0.05, 0) is 56.0 Å². The number of hydrogen-bond donors (Lipinski definition) is 0. The molecule has 0 N–H and O–H groups in total. The number of anilines is 1. The number of amides is 3. The molecule has 2 aliphatic rings. The van der Waals surface area contributed by atoms with Gasteiger partial charge in [0.1, 0.15) is 11.8 Å². The summed E-state index contributed by atoms with van der Waals surface area (Å²) < 4.78 is 5.43. The standard InChI is InChI=1S/C24H26N2O4/c1-2-30-20-12-10-19(11-13-20)26-22(27)16-21(24(26)29)25(23(28)18-8-9-18)15-14-17-6-4-3-5-7-17/h3-7,10-13,18,21H,2,8-9,14-16H2,1H3. The lowest BCUT2D eigenvalue weighted by molar-refractivity contribution is -0.139. The molecule has 1 saturated carbocycles. The van der Waals surface area contributed by atoms with Crippen LogP contribution < -0.4 is 9.64 Å². The quantitative estimate of drug-likeness (QED) is 0.632. The van der Waals surface area contributed by atoms with Crippen LogP contribution in [-0.2, 0) is 20.8 Å². The molecule has 2 aromatic carbocycles. The van der Waals surface area contributed by atoms with Gasteiger partial charge in [0.2, 0.25) is 11.8 Å². The molecular formula is C24H26N2O4. The zero-order chi connectivity index (χ0) is 21.1. The first-order chi connectivity index (χ1) is 14.6. The maximum atomic E-state index is 13.2. The average Bonchev–Trinajstić information content (AvgIpc) is 3.56. The van der Waals surface area contributed by atoms with Crippen molar-refractivity contribution >= 4 is 23.4 Å². The number of ether oxygens (including phenoxy) is 1. The molecule has 1 saturated heterocycles. The van der Waals surface area contributed by atoms with Crippen molar-refractivity contribution in [3.05, 3.63) is 60.2 Å². The zero-order valence-corrected chi connectivity index (χ0v) is 17.1. The Morgan fingerprint density at radius 3 is 2.40 bits per heavy atom. The van der Waals surface area contributed by atoms with Gasteiger partial charge in [-0.1, -0.05) is 30.3 Å². The minimum Gasteiger partial charge on any atom is -0.494 e. The smallest absolute Gasteiger partial charge is 0.257 e. The minimum atomic E-state index is -0.735. The van der Waals surface area contributed by atoms with Gasteiger partial charge in [-0.3, -0.25) is 14.4 Å². The molecule has 0 radical (unpaired) electrons. The third-order valence-corrected chi connectivity index (χ3v) is 5.60. The van der Waals surface area contributed by atoms with Gasteiger partial charge >= 0.3 is 0 Å². The summed E-state index contributed by atoms with van der Waals surface area (Å²) in [4.78, 5) is 41.7. The molecule has 0 aromatic heterocycles. The van der Waals surface area contributed by atoms with Crippen LogP contribution in [0.2, 0.25) is 0 Å². The predicted octanol–water partition coefficient (Wildman–Crippen LogP) is 3.20. The molecule has 1 heterocycles. The van der Waals surface area contributed by atoms with Crippen LogP contribution in [0.25, 0.3) is 0 Å². The van der Waals surface area contributed by atoms with Gasteiger partial charge in [-0.25, -0.2) is 4.90 Å². The van der Waals surface area contributed by atoms with E-state index in [1.165, 1.54) is 4.90 Å². The molecule has 2 fully saturated rings. The summed E-state index contributed by atoms with van der Waals surface area (Å²) in [5.41, 5.74) is 1.61. The van der Waals surface area contributed by atoms with Gasteiger partial charge in [0.15, 0.2) is 0 Å². The number of hydrogen-bond acceptors (Lipinski definition) is 4. The summed E-state index contributed by atoms with van der Waals surface area (Å²) >= 11 is 0. The molecule has 3 amide bonds. The SMILES string of the molecule is CCOc1ccc(N2C(=O)CC(N(CCc3ccccc3)C(=O)C3CC3)C2=O)cc1. The van der Waals surface area contributed by atoms with Crippen LogP contribution in [0.1, 0.15) is 31.7 Å². The molecule has 156 valence electrons. The maximum absolute atomic E-state index is 13.2. The summed E-state index contributed by atoms with van der Waals surface area (Å²) in [6.07, 6.45) is 2.40. The predicted molar refractivity (Wildman–Crippen MR) is 113 cm³/mol. The molecule has 1 aliphatic heterocycles. The van der Waals surface area contributed by atoms with E-state index < -0.39 is 6.04 Å². The van der Waals surface area contributed by atoms with Crippen LogP contribution in [0.4, 0.5) is 5.69 Å². The molecule has 6 heteroatoms. The van der Waals surface area contributed by atoms with Crippen molar-refractivity contribution in [1.29, 1.82) is 0 Å². The molecule has 6 nitrogen and oxygen atoms in total. The van der Waals surface area contributed by atoms with Crippen LogP contribution in [0.15, 0.2) is 54.6 Å². The normalized spacial score (nSPS) is 18.6. The van der Waals surface area contributed by atoms with E-state index in [4.69, 9.17) is 4.74 Å². The Balaban J connectivity index is 1.52. The van der Waals surface area contributed by atoms with E-state index in [0.29, 0.717) is 31.0 Å². The third kappa shape index (κ3) is 4.22. The topological polar surface area (TPSA) is 66.9 Å². The molecule has 0 bridgehead atoms. The number of nitrogens with zero attached hydrogens (tertiary/aromatic N) is 2. The number of imide groups is 1. The Morgan fingerprint density at radius 1 is 1.07 bits per heavy atom. The number of rotatable bonds is 8. The van der Waals surface area contributed by atoms with E-state index in [0.717, 1.165) is 18.4 Å². The summed E-state index contributed by atoms with van der Waals surface area (Å²) in [5.74, 6) is 0.0628. The van der Waals surface area contributed by atoms with Crippen molar-refractivity contribution < 1.29 is 19.1 Å². The fourth-order valence-corrected chi connectivity index (χ4v) is 3.87. The largest absolute Gasteiger partial charge is 0.494 e. The summed E-state index contributed by atoms with van der Waals surface area (Å²) in [7, 11) is 0. The van der Waals surface area contributed by atoms with Crippen molar-refractivity contribution in [2.24, 2.45) is 5.92 Å². The highest BCUT2D eigenvalue weighted by Gasteiger charge is 2.46. The minimum absolute atomic E-state index is 0.00868. The lowest BCUT2D eigenvalue weighted by atomic mass is 10.1. The summed E-state index contributed by atoms with van der Waals surface area (Å²) in [6.45, 7) is 2.87. The number of carbonyl (C=O) groups is 3. The van der Waals surface area contributed by atoms with Crippen molar-refractivity contribution in [1.82, 2.24) is 4.90 Å². The highest BCUT2D eigenvalue weighted by atomic mass is 16.5. The first-order valence-corrected chi connectivity index (χ1v) is 10.5. The molecular weight excluding hydrogens is 380 g/mol. The van der Waals surface area contributed by atoms with E-state index >= 15 is 0 Å². The van der Waals surface area contributed by atoms with E-state index in [-0.39, 0.29) is 30.1 Å². The van der Waals surface area contributed by atoms with Crippen LogP contribution in [0.5, 0.6) is 5.75 Å². The summed E-state index contributed by atoms with van der Waals surface area (Å²) in [6, 6.07) is 16.1. The Kier molecular flexibility index (Phi) is 5.84. The second-order valence-corrected chi connectivity index (χ2v) is 7.76. The lowest BCUT2D eigenvalue weighted by Crippen LogP contribution is -2.47. The van der Waals surface area contributed by atoms with Crippen LogP contribution in [0.3, 0.4) is 0 Å². The molecule has 1 unspecified atom stereocenters. The van der Waals surface area contributed by atoms with Crippen LogP contribution in [-0.4, -0.2) is 41.8 Å². The van der Waals surface area contributed by atoms with Gasteiger partial charge in [0.25, 0.3) is 5.91 Å². The van der Waals surface area contributed by atoms with Gasteiger partial charge in [-0.2, -0.15) is 0 Å². The Bertz CT molecular complexity index is 922. The Morgan fingerprint density at radius 2 is 1.77 bits per heavy atom. The van der Waals surface area contributed by atoms with E-state index in [1.54, 1.807) is 29.2 Å². The summed E-state index contributed by atoms with van der Waals surface area (Å²) in [5, 5.41) is 0. The van der Waals surface area contributed by atoms with Gasteiger partial charge in [0, 0.05) is 12.5 Å². The molecule has 1 aliphatic carbocycles. The van der Waals surface area contributed by atoms with Crippen molar-refractivity contribution in [3.63, 3.8) is 0 Å². The fraction of sp³-hybridized carbons (Fsp3) is 0.375. The monoisotopic (exact) mass is 406 g/mol. The lowest BCUT2D eigenvalue weighted by Gasteiger charge is -2.28. The van der Waals surface area contributed by atoms with Gasteiger partial charge < -0.3 is 9.64 Å². The second kappa shape index (κ2) is 8.69. The van der Waals surface area contributed by atoms with Gasteiger partial charge in [-0.15, -0.1) is 0 Å². The van der Waals surface area contributed by atoms with E-state index in [9.17, 15) is 14.4 Å². The Labute approximate surface area is 176 Å². The molecule has 1 atom stereocenters. The van der Waals surface area contributed by atoms with Crippen molar-refractivity contribution in [2.45, 2.75) is 38.6 Å². The van der Waals surface area contributed by atoms with E-state index in [2.05, 4.69) is 0 Å². The number of carbonyl (C=O) groups excluding carboxylic acids is 3. The molecule has 30 heavy (non-hydrogen) atoms. The van der Waals surface area contributed by atoms with Crippen molar-refractivity contribution in [3.8, 4) is 5.75 Å². The first-order valence-electron chi connectivity index (χ1n) is 10.5. The number of benzene rings is 2. The highest BCUT2D eigenvalue weighted by Crippen LogP contribution is 2.34. The fourth-order valence-electron chi connectivity index (χ4n) is 3.87. The zero-order valence-electron chi connectivity index (χ0n) is 17.1. The first kappa shape index (κ1) is 20.1. The maximum Gasteiger partial charge on any atom is 0.257 e. The van der Waals surface area contributed by atoms with E-state index in [1.807, 2.05) is 37.3 Å². The molecule has 0 spiro atoms. The van der Waals surface area contributed by atoms with Crippen LogP contribution in [0, 0.1) is 5.92 Å². The second-order valence-electron chi connectivity index (χ2n) is 7.76.